The van der Waals surface area contributed by atoms with Crippen LogP contribution in [-0.2, 0) is 5.75 Å². The molecule has 1 atom stereocenters. The van der Waals surface area contributed by atoms with Crippen molar-refractivity contribution >= 4 is 33.6 Å². The van der Waals surface area contributed by atoms with Crippen molar-refractivity contribution in [2.24, 2.45) is 0 Å². The number of pyridine rings is 1. The van der Waals surface area contributed by atoms with Crippen LogP contribution in [0.4, 0.5) is 0 Å². The first-order chi connectivity index (χ1) is 13.0. The predicted octanol–water partition coefficient (Wildman–Crippen LogP) is 5.23. The zero-order valence-corrected chi connectivity index (χ0v) is 17.7. The summed E-state index contributed by atoms with van der Waals surface area (Å²) < 4.78 is 6.19. The number of aromatic nitrogens is 2. The van der Waals surface area contributed by atoms with Gasteiger partial charge in [0, 0.05) is 22.0 Å². The Morgan fingerprint density at radius 1 is 1.30 bits per heavy atom. The van der Waals surface area contributed by atoms with Crippen LogP contribution in [0.3, 0.4) is 0 Å². The van der Waals surface area contributed by atoms with Gasteiger partial charge in [0.1, 0.15) is 10.8 Å². The number of hydrogen-bond donors (Lipinski definition) is 1. The highest BCUT2D eigenvalue weighted by Crippen LogP contribution is 2.27. The first kappa shape index (κ1) is 19.6. The van der Waals surface area contributed by atoms with E-state index in [0.29, 0.717) is 16.3 Å². The molecule has 1 amide bonds. The smallest absolute Gasteiger partial charge is 0.254 e. The van der Waals surface area contributed by atoms with E-state index in [-0.39, 0.29) is 11.9 Å². The number of rotatable bonds is 6. The van der Waals surface area contributed by atoms with Crippen molar-refractivity contribution in [1.29, 1.82) is 0 Å². The number of benzene rings is 1. The number of hydrogen-bond acceptors (Lipinski definition) is 5. The maximum absolute atomic E-state index is 12.8. The highest BCUT2D eigenvalue weighted by molar-refractivity contribution is 9.10. The third-order valence-electron chi connectivity index (χ3n) is 4.25. The Labute approximate surface area is 171 Å². The molecule has 2 aromatic heterocycles. The molecule has 27 heavy (non-hydrogen) atoms. The molecular weight excluding hydrogens is 426 g/mol. The maximum Gasteiger partial charge on any atom is 0.254 e. The lowest BCUT2D eigenvalue weighted by Crippen LogP contribution is -2.27. The number of carbonyl (C=O) groups excluding carboxylic acids is 1. The Kier molecular flexibility index (Phi) is 6.34. The Bertz CT molecular complexity index is 938. The number of nitrogens with one attached hydrogen (secondary N) is 1. The number of aryl methyl sites for hydroxylation is 2. The van der Waals surface area contributed by atoms with Crippen LogP contribution in [0.25, 0.3) is 0 Å². The van der Waals surface area contributed by atoms with E-state index in [1.165, 1.54) is 11.8 Å². The summed E-state index contributed by atoms with van der Waals surface area (Å²) in [6.07, 6.45) is 1.70. The standard InChI is InChI=1S/C20H20BrN3O2S/c1-12(15-6-4-7-16(21)10-15)23-19(25)17-8-5-9-22-20(17)27-11-18-13(2)24-26-14(18)3/h4-10,12H,11H2,1-3H3,(H,23,25). The van der Waals surface area contributed by atoms with Crippen LogP contribution >= 0.6 is 27.7 Å². The van der Waals surface area contributed by atoms with Crippen LogP contribution in [0.5, 0.6) is 0 Å². The van der Waals surface area contributed by atoms with Gasteiger partial charge in [-0.2, -0.15) is 0 Å². The molecule has 0 bridgehead atoms. The Morgan fingerprint density at radius 3 is 2.81 bits per heavy atom. The molecular formula is C20H20BrN3O2S. The maximum atomic E-state index is 12.8. The third-order valence-corrected chi connectivity index (χ3v) is 5.77. The summed E-state index contributed by atoms with van der Waals surface area (Å²) in [5, 5.41) is 7.72. The largest absolute Gasteiger partial charge is 0.361 e. The van der Waals surface area contributed by atoms with Gasteiger partial charge in [0.2, 0.25) is 0 Å². The van der Waals surface area contributed by atoms with Crippen molar-refractivity contribution < 1.29 is 9.32 Å². The van der Waals surface area contributed by atoms with Gasteiger partial charge in [-0.3, -0.25) is 4.79 Å². The number of nitrogens with zero attached hydrogens (tertiary/aromatic N) is 2. The van der Waals surface area contributed by atoms with Crippen molar-refractivity contribution in [3.63, 3.8) is 0 Å². The van der Waals surface area contributed by atoms with E-state index in [9.17, 15) is 4.79 Å². The van der Waals surface area contributed by atoms with Gasteiger partial charge in [-0.1, -0.05) is 33.2 Å². The zero-order valence-electron chi connectivity index (χ0n) is 15.3. The fraction of sp³-hybridized carbons (Fsp3) is 0.250. The van der Waals surface area contributed by atoms with Crippen LogP contribution in [0.2, 0.25) is 0 Å². The summed E-state index contributed by atoms with van der Waals surface area (Å²) in [4.78, 5) is 17.2. The first-order valence-corrected chi connectivity index (χ1v) is 10.3. The van der Waals surface area contributed by atoms with E-state index >= 15 is 0 Å². The van der Waals surface area contributed by atoms with Gasteiger partial charge >= 0.3 is 0 Å². The molecule has 3 aromatic rings. The summed E-state index contributed by atoms with van der Waals surface area (Å²) in [5.41, 5.74) is 3.51. The van der Waals surface area contributed by atoms with Crippen molar-refractivity contribution in [3.05, 3.63) is 75.2 Å². The lowest BCUT2D eigenvalue weighted by Gasteiger charge is -2.16. The molecule has 0 saturated heterocycles. The molecule has 1 N–H and O–H groups in total. The highest BCUT2D eigenvalue weighted by atomic mass is 79.9. The topological polar surface area (TPSA) is 68.0 Å². The Morgan fingerprint density at radius 2 is 2.11 bits per heavy atom. The van der Waals surface area contributed by atoms with Gasteiger partial charge < -0.3 is 9.84 Å². The van der Waals surface area contributed by atoms with E-state index in [4.69, 9.17) is 4.52 Å². The normalized spacial score (nSPS) is 12.0. The molecule has 0 saturated carbocycles. The fourth-order valence-corrected chi connectivity index (χ4v) is 4.22. The summed E-state index contributed by atoms with van der Waals surface area (Å²) in [6, 6.07) is 11.4. The molecule has 7 heteroatoms. The van der Waals surface area contributed by atoms with Gasteiger partial charge in [-0.05, 0) is 50.6 Å². The fourth-order valence-electron chi connectivity index (χ4n) is 2.66. The Hall–Kier alpha value is -2.12. The van der Waals surface area contributed by atoms with Gasteiger partial charge in [-0.15, -0.1) is 11.8 Å². The molecule has 1 unspecified atom stereocenters. The molecule has 0 radical (unpaired) electrons. The molecule has 140 valence electrons. The molecule has 2 heterocycles. The average Bonchev–Trinajstić information content (AvgIpc) is 2.98. The van der Waals surface area contributed by atoms with Crippen LogP contribution in [0.1, 0.15) is 45.9 Å². The highest BCUT2D eigenvalue weighted by Gasteiger charge is 2.17. The number of amides is 1. The minimum Gasteiger partial charge on any atom is -0.361 e. The molecule has 0 aliphatic heterocycles. The SMILES string of the molecule is Cc1noc(C)c1CSc1ncccc1C(=O)NC(C)c1cccc(Br)c1. The number of halogens is 1. The minimum atomic E-state index is -0.142. The van der Waals surface area contributed by atoms with Gasteiger partial charge in [0.25, 0.3) is 5.91 Å². The molecule has 5 nitrogen and oxygen atoms in total. The van der Waals surface area contributed by atoms with Crippen LogP contribution in [0, 0.1) is 13.8 Å². The second-order valence-electron chi connectivity index (χ2n) is 6.20. The Balaban J connectivity index is 1.73. The summed E-state index contributed by atoms with van der Waals surface area (Å²) >= 11 is 4.97. The number of thioether (sulfide) groups is 1. The predicted molar refractivity (Wildman–Crippen MR) is 110 cm³/mol. The molecule has 0 aliphatic carbocycles. The van der Waals surface area contributed by atoms with E-state index < -0.39 is 0 Å². The van der Waals surface area contributed by atoms with Crippen LogP contribution in [-0.4, -0.2) is 16.0 Å². The quantitative estimate of drug-likeness (QED) is 0.525. The monoisotopic (exact) mass is 445 g/mol. The second-order valence-corrected chi connectivity index (χ2v) is 8.08. The van der Waals surface area contributed by atoms with Gasteiger partial charge in [0.15, 0.2) is 0 Å². The third kappa shape index (κ3) is 4.78. The molecule has 1 aromatic carbocycles. The van der Waals surface area contributed by atoms with Crippen LogP contribution < -0.4 is 5.32 Å². The van der Waals surface area contributed by atoms with Gasteiger partial charge in [-0.25, -0.2) is 4.98 Å². The lowest BCUT2D eigenvalue weighted by molar-refractivity contribution is 0.0936. The van der Waals surface area contributed by atoms with Crippen molar-refractivity contribution in [2.45, 2.75) is 37.6 Å². The molecule has 3 rings (SSSR count). The lowest BCUT2D eigenvalue weighted by atomic mass is 10.1. The number of carbonyl (C=O) groups is 1. The summed E-state index contributed by atoms with van der Waals surface area (Å²) in [6.45, 7) is 5.77. The summed E-state index contributed by atoms with van der Waals surface area (Å²) in [7, 11) is 0. The van der Waals surface area contributed by atoms with Gasteiger partial charge in [0.05, 0.1) is 17.3 Å². The van der Waals surface area contributed by atoms with Crippen molar-refractivity contribution in [3.8, 4) is 0 Å². The molecule has 0 spiro atoms. The molecule has 0 aliphatic rings. The second kappa shape index (κ2) is 8.71. The minimum absolute atomic E-state index is 0.115. The van der Waals surface area contributed by atoms with E-state index in [0.717, 1.165) is 27.1 Å². The van der Waals surface area contributed by atoms with E-state index in [2.05, 4.69) is 31.4 Å². The van der Waals surface area contributed by atoms with Crippen molar-refractivity contribution in [1.82, 2.24) is 15.5 Å². The average molecular weight is 446 g/mol. The zero-order chi connectivity index (χ0) is 19.4. The van der Waals surface area contributed by atoms with Crippen LogP contribution in [0.15, 0.2) is 56.6 Å². The van der Waals surface area contributed by atoms with E-state index in [1.807, 2.05) is 45.0 Å². The molecule has 0 fully saturated rings. The van der Waals surface area contributed by atoms with E-state index in [1.54, 1.807) is 18.3 Å². The van der Waals surface area contributed by atoms with Crippen molar-refractivity contribution in [2.75, 3.05) is 0 Å². The summed E-state index contributed by atoms with van der Waals surface area (Å²) in [5.74, 6) is 1.31. The first-order valence-electron chi connectivity index (χ1n) is 8.51.